The zero-order valence-corrected chi connectivity index (χ0v) is 18.0. The van der Waals surface area contributed by atoms with E-state index in [1.165, 1.54) is 18.2 Å². The van der Waals surface area contributed by atoms with Crippen molar-refractivity contribution in [1.29, 1.82) is 0 Å². The van der Waals surface area contributed by atoms with Crippen molar-refractivity contribution in [2.45, 2.75) is 37.8 Å². The number of alkyl halides is 3. The number of rotatable bonds is 8. The first-order valence-electron chi connectivity index (χ1n) is 9.13. The number of aryl methyl sites for hydroxylation is 1. The Balaban J connectivity index is 1.99. The Bertz CT molecular complexity index is 991. The van der Waals surface area contributed by atoms with Crippen LogP contribution in [0.2, 0.25) is 5.02 Å². The molecule has 0 atom stereocenters. The Morgan fingerprint density at radius 2 is 1.73 bits per heavy atom. The summed E-state index contributed by atoms with van der Waals surface area (Å²) in [5, 5.41) is 2.17. The Labute approximate surface area is 178 Å². The number of hydrogen-bond acceptors (Lipinski definition) is 3. The largest absolute Gasteiger partial charge is 0.418 e. The van der Waals surface area contributed by atoms with E-state index in [2.05, 4.69) is 10.0 Å². The van der Waals surface area contributed by atoms with Crippen LogP contribution in [0.25, 0.3) is 0 Å². The van der Waals surface area contributed by atoms with Crippen molar-refractivity contribution in [3.8, 4) is 0 Å². The van der Waals surface area contributed by atoms with Gasteiger partial charge in [0.25, 0.3) is 0 Å². The summed E-state index contributed by atoms with van der Waals surface area (Å²) in [7, 11) is -3.61. The molecule has 0 saturated heterocycles. The molecule has 30 heavy (non-hydrogen) atoms. The lowest BCUT2D eigenvalue weighted by Crippen LogP contribution is -2.27. The number of nitrogens with one attached hydrogen (secondary N) is 2. The molecule has 164 valence electrons. The van der Waals surface area contributed by atoms with E-state index >= 15 is 0 Å². The van der Waals surface area contributed by atoms with Crippen LogP contribution in [0.15, 0.2) is 47.4 Å². The first-order valence-corrected chi connectivity index (χ1v) is 11.0. The van der Waals surface area contributed by atoms with Crippen molar-refractivity contribution in [2.75, 3.05) is 11.9 Å². The summed E-state index contributed by atoms with van der Waals surface area (Å²) in [4.78, 5) is 12.2. The highest BCUT2D eigenvalue weighted by Crippen LogP contribution is 2.36. The lowest BCUT2D eigenvalue weighted by molar-refractivity contribution is -0.137. The summed E-state index contributed by atoms with van der Waals surface area (Å²) >= 11 is 5.62. The van der Waals surface area contributed by atoms with Gasteiger partial charge in [-0.1, -0.05) is 37.6 Å². The number of carbonyl (C=O) groups excluding carboxylic acids is 1. The molecule has 0 aromatic heterocycles. The highest BCUT2D eigenvalue weighted by molar-refractivity contribution is 7.89. The average Bonchev–Trinajstić information content (AvgIpc) is 2.66. The fourth-order valence-electron chi connectivity index (χ4n) is 2.53. The van der Waals surface area contributed by atoms with E-state index in [-0.39, 0.29) is 34.4 Å². The lowest BCUT2D eigenvalue weighted by Gasteiger charge is -2.14. The number of sulfonamides is 1. The van der Waals surface area contributed by atoms with Gasteiger partial charge in [-0.15, -0.1) is 0 Å². The van der Waals surface area contributed by atoms with Crippen molar-refractivity contribution in [2.24, 2.45) is 5.92 Å². The third kappa shape index (κ3) is 7.00. The van der Waals surface area contributed by atoms with Crippen LogP contribution < -0.4 is 10.0 Å². The topological polar surface area (TPSA) is 75.3 Å². The predicted molar refractivity (Wildman–Crippen MR) is 110 cm³/mol. The van der Waals surface area contributed by atoms with Crippen LogP contribution in [-0.4, -0.2) is 20.9 Å². The van der Waals surface area contributed by atoms with E-state index in [0.717, 1.165) is 12.1 Å². The molecule has 0 fully saturated rings. The summed E-state index contributed by atoms with van der Waals surface area (Å²) in [6, 6.07) is 9.12. The van der Waals surface area contributed by atoms with Gasteiger partial charge in [0.15, 0.2) is 0 Å². The predicted octanol–water partition coefficient (Wildman–Crippen LogP) is 4.86. The maximum atomic E-state index is 13.1. The first-order chi connectivity index (χ1) is 13.9. The van der Waals surface area contributed by atoms with E-state index < -0.39 is 27.7 Å². The van der Waals surface area contributed by atoms with Gasteiger partial charge in [0.1, 0.15) is 0 Å². The average molecular weight is 463 g/mol. The normalized spacial score (nSPS) is 12.2. The molecule has 0 bridgehead atoms. The van der Waals surface area contributed by atoms with Crippen LogP contribution in [-0.2, 0) is 27.4 Å². The van der Waals surface area contributed by atoms with Crippen LogP contribution in [0.4, 0.5) is 18.9 Å². The van der Waals surface area contributed by atoms with E-state index in [1.54, 1.807) is 12.1 Å². The number of anilines is 1. The molecule has 5 nitrogen and oxygen atoms in total. The molecule has 2 aromatic rings. The molecule has 0 radical (unpaired) electrons. The molecule has 1 amide bonds. The van der Waals surface area contributed by atoms with Crippen molar-refractivity contribution >= 4 is 33.2 Å². The summed E-state index contributed by atoms with van der Waals surface area (Å²) in [5.74, 6) is -0.436. The minimum atomic E-state index is -4.65. The van der Waals surface area contributed by atoms with Gasteiger partial charge in [-0.3, -0.25) is 4.79 Å². The highest BCUT2D eigenvalue weighted by atomic mass is 35.5. The van der Waals surface area contributed by atoms with Crippen molar-refractivity contribution < 1.29 is 26.4 Å². The van der Waals surface area contributed by atoms with Crippen molar-refractivity contribution in [1.82, 2.24) is 4.72 Å². The smallest absolute Gasteiger partial charge is 0.325 e. The molecule has 0 unspecified atom stereocenters. The van der Waals surface area contributed by atoms with Gasteiger partial charge in [-0.25, -0.2) is 13.1 Å². The van der Waals surface area contributed by atoms with Gasteiger partial charge in [0.2, 0.25) is 15.9 Å². The molecular weight excluding hydrogens is 441 g/mol. The minimum Gasteiger partial charge on any atom is -0.325 e. The highest BCUT2D eigenvalue weighted by Gasteiger charge is 2.34. The maximum Gasteiger partial charge on any atom is 0.418 e. The van der Waals surface area contributed by atoms with Crippen LogP contribution >= 0.6 is 11.6 Å². The molecule has 2 rings (SSSR count). The molecule has 0 aliphatic rings. The van der Waals surface area contributed by atoms with Crippen LogP contribution in [0.3, 0.4) is 0 Å². The molecule has 0 aliphatic carbocycles. The number of carbonyl (C=O) groups is 1. The maximum absolute atomic E-state index is 13.1. The molecule has 0 spiro atoms. The second kappa shape index (κ2) is 9.80. The van der Waals surface area contributed by atoms with E-state index in [4.69, 9.17) is 11.6 Å². The Morgan fingerprint density at radius 3 is 2.30 bits per heavy atom. The SMILES string of the molecule is CC(C)CNS(=O)(=O)c1ccc(CCC(=O)Nc2ccc(Cl)cc2C(F)(F)F)cc1. The van der Waals surface area contributed by atoms with E-state index in [0.29, 0.717) is 12.1 Å². The van der Waals surface area contributed by atoms with E-state index in [9.17, 15) is 26.4 Å². The molecular formula is C20H22ClF3N2O3S. The molecule has 0 heterocycles. The van der Waals surface area contributed by atoms with E-state index in [1.807, 2.05) is 13.8 Å². The summed E-state index contributed by atoms with van der Waals surface area (Å²) in [6.07, 6.45) is -4.49. The molecule has 0 aliphatic heterocycles. The first kappa shape index (κ1) is 24.2. The fourth-order valence-corrected chi connectivity index (χ4v) is 3.91. The summed E-state index contributed by atoms with van der Waals surface area (Å²) < 4.78 is 66.2. The van der Waals surface area contributed by atoms with Crippen molar-refractivity contribution in [3.63, 3.8) is 0 Å². The summed E-state index contributed by atoms with van der Waals surface area (Å²) in [5.41, 5.74) is -0.707. The second-order valence-corrected chi connectivity index (χ2v) is 9.33. The molecule has 2 N–H and O–H groups in total. The Kier molecular flexibility index (Phi) is 7.90. The standard InChI is InChI=1S/C20H22ClF3N2O3S/c1-13(2)12-25-30(28,29)16-7-3-14(4-8-16)5-10-19(27)26-18-9-6-15(21)11-17(18)20(22,23)24/h3-4,6-9,11,13,25H,5,10,12H2,1-2H3,(H,26,27). The van der Waals surface area contributed by atoms with Gasteiger partial charge in [-0.05, 0) is 48.2 Å². The summed E-state index contributed by atoms with van der Waals surface area (Å²) in [6.45, 7) is 4.09. The monoisotopic (exact) mass is 462 g/mol. The fraction of sp³-hybridized carbons (Fsp3) is 0.350. The van der Waals surface area contributed by atoms with Gasteiger partial charge < -0.3 is 5.32 Å². The Morgan fingerprint density at radius 1 is 1.10 bits per heavy atom. The number of amides is 1. The van der Waals surface area contributed by atoms with Crippen LogP contribution in [0.1, 0.15) is 31.4 Å². The Hall–Kier alpha value is -2.10. The number of benzene rings is 2. The zero-order chi connectivity index (χ0) is 22.5. The van der Waals surface area contributed by atoms with Gasteiger partial charge in [0, 0.05) is 18.0 Å². The number of halogens is 4. The van der Waals surface area contributed by atoms with Crippen molar-refractivity contribution in [3.05, 3.63) is 58.6 Å². The van der Waals surface area contributed by atoms with Gasteiger partial charge in [0.05, 0.1) is 16.1 Å². The molecule has 10 heteroatoms. The van der Waals surface area contributed by atoms with Crippen LogP contribution in [0, 0.1) is 5.92 Å². The lowest BCUT2D eigenvalue weighted by atomic mass is 10.1. The molecule has 0 saturated carbocycles. The second-order valence-electron chi connectivity index (χ2n) is 7.13. The van der Waals surface area contributed by atoms with Gasteiger partial charge in [-0.2, -0.15) is 13.2 Å². The third-order valence-electron chi connectivity index (χ3n) is 4.12. The van der Waals surface area contributed by atoms with Crippen LogP contribution in [0.5, 0.6) is 0 Å². The van der Waals surface area contributed by atoms with Gasteiger partial charge >= 0.3 is 6.18 Å². The minimum absolute atomic E-state index is 0.0718. The third-order valence-corrected chi connectivity index (χ3v) is 5.79. The number of hydrogen-bond donors (Lipinski definition) is 2. The molecule has 2 aromatic carbocycles. The quantitative estimate of drug-likeness (QED) is 0.588. The zero-order valence-electron chi connectivity index (χ0n) is 16.4.